The van der Waals surface area contributed by atoms with Crippen LogP contribution in [0.5, 0.6) is 0 Å². The minimum atomic E-state index is -2.45. The number of fused-ring (bicyclic) bond motifs is 1. The lowest BCUT2D eigenvalue weighted by molar-refractivity contribution is 0.0214. The van der Waals surface area contributed by atoms with Crippen LogP contribution in [0.1, 0.15) is 0 Å². The molecule has 0 bridgehead atoms. The molecule has 1 aromatic heterocycles. The molecule has 3 N–H and O–H groups in total. The minimum Gasteiger partial charge on any atom is -0.423 e. The molecule has 0 unspecified atom stereocenters. The van der Waals surface area contributed by atoms with Gasteiger partial charge < -0.3 is 20.2 Å². The van der Waals surface area contributed by atoms with Crippen molar-refractivity contribution in [3.8, 4) is 0 Å². The highest BCUT2D eigenvalue weighted by Gasteiger charge is 2.07. The van der Waals surface area contributed by atoms with Gasteiger partial charge in [-0.2, -0.15) is 4.98 Å². The highest BCUT2D eigenvalue weighted by atomic mass is 19.3. The van der Waals surface area contributed by atoms with Gasteiger partial charge in [-0.05, 0) is 12.1 Å². The van der Waals surface area contributed by atoms with Crippen LogP contribution < -0.4 is 11.1 Å². The summed E-state index contributed by atoms with van der Waals surface area (Å²) in [6, 6.07) is 5.53. The Hall–Kier alpha value is -1.89. The first-order valence-corrected chi connectivity index (χ1v) is 5.41. The summed E-state index contributed by atoms with van der Waals surface area (Å²) in [6.07, 6.45) is -2.45. The Kier molecular flexibility index (Phi) is 3.93. The lowest BCUT2D eigenvalue weighted by Crippen LogP contribution is -2.13. The third-order valence-electron chi connectivity index (χ3n) is 2.22. The third kappa shape index (κ3) is 3.07. The second kappa shape index (κ2) is 5.63. The number of nitrogens with two attached hydrogens (primary N) is 1. The van der Waals surface area contributed by atoms with Gasteiger partial charge in [0.2, 0.25) is 0 Å². The van der Waals surface area contributed by atoms with Crippen molar-refractivity contribution in [2.24, 2.45) is 0 Å². The number of aromatic nitrogens is 1. The van der Waals surface area contributed by atoms with Crippen LogP contribution in [0, 0.1) is 0 Å². The Balaban J connectivity index is 1.87. The average molecular weight is 257 g/mol. The number of hydrogen-bond donors (Lipinski definition) is 2. The number of nitrogen functional groups attached to an aromatic ring is 1. The maximum atomic E-state index is 11.8. The number of halogens is 2. The van der Waals surface area contributed by atoms with E-state index < -0.39 is 13.0 Å². The second-order valence-electron chi connectivity index (χ2n) is 3.61. The van der Waals surface area contributed by atoms with E-state index >= 15 is 0 Å². The number of oxazole rings is 1. The smallest absolute Gasteiger partial charge is 0.295 e. The van der Waals surface area contributed by atoms with Crippen molar-refractivity contribution in [3.05, 3.63) is 18.2 Å². The number of alkyl halides is 2. The summed E-state index contributed by atoms with van der Waals surface area (Å²) in [4.78, 5) is 4.14. The molecule has 0 radical (unpaired) electrons. The van der Waals surface area contributed by atoms with Gasteiger partial charge in [-0.3, -0.25) is 0 Å². The van der Waals surface area contributed by atoms with E-state index in [-0.39, 0.29) is 6.61 Å². The fourth-order valence-electron chi connectivity index (χ4n) is 1.45. The van der Waals surface area contributed by atoms with Gasteiger partial charge in [-0.1, -0.05) is 6.07 Å². The topological polar surface area (TPSA) is 73.3 Å². The van der Waals surface area contributed by atoms with Gasteiger partial charge in [0.1, 0.15) is 12.1 Å². The molecular weight excluding hydrogens is 244 g/mol. The van der Waals surface area contributed by atoms with E-state index in [9.17, 15) is 8.78 Å². The molecule has 7 heteroatoms. The largest absolute Gasteiger partial charge is 0.423 e. The fourth-order valence-corrected chi connectivity index (χ4v) is 1.45. The Morgan fingerprint density at radius 1 is 1.44 bits per heavy atom. The quantitative estimate of drug-likeness (QED) is 0.612. The van der Waals surface area contributed by atoms with Gasteiger partial charge in [-0.25, -0.2) is 8.78 Å². The number of nitrogens with one attached hydrogen (secondary N) is 1. The maximum absolute atomic E-state index is 11.8. The number of hydrogen-bond acceptors (Lipinski definition) is 5. The first-order chi connectivity index (χ1) is 8.66. The van der Waals surface area contributed by atoms with Crippen LogP contribution in [0.25, 0.3) is 11.1 Å². The van der Waals surface area contributed by atoms with Crippen LogP contribution in [-0.4, -0.2) is 31.2 Å². The van der Waals surface area contributed by atoms with E-state index in [1.807, 2.05) is 0 Å². The van der Waals surface area contributed by atoms with Gasteiger partial charge in [0, 0.05) is 6.54 Å². The highest BCUT2D eigenvalue weighted by molar-refractivity contribution is 5.86. The Bertz CT molecular complexity index is 516. The molecule has 0 spiro atoms. The molecule has 1 aromatic carbocycles. The Labute approximate surface area is 102 Å². The number of anilines is 2. The number of para-hydroxylation sites is 1. The van der Waals surface area contributed by atoms with Crippen molar-refractivity contribution in [3.63, 3.8) is 0 Å². The second-order valence-corrected chi connectivity index (χ2v) is 3.61. The van der Waals surface area contributed by atoms with Crippen molar-refractivity contribution < 1.29 is 17.9 Å². The van der Waals surface area contributed by atoms with Crippen molar-refractivity contribution in [2.75, 3.05) is 30.8 Å². The summed E-state index contributed by atoms with van der Waals surface area (Å²) in [5, 5.41) is 2.83. The monoisotopic (exact) mass is 257 g/mol. The predicted octanol–water partition coefficient (Wildman–Crippen LogP) is 2.10. The third-order valence-corrected chi connectivity index (χ3v) is 2.22. The van der Waals surface area contributed by atoms with E-state index in [0.29, 0.717) is 29.3 Å². The zero-order valence-corrected chi connectivity index (χ0v) is 9.53. The van der Waals surface area contributed by atoms with E-state index in [2.05, 4.69) is 10.3 Å². The summed E-state index contributed by atoms with van der Waals surface area (Å²) < 4.78 is 33.6. The number of nitrogens with zero attached hydrogens (tertiary/aromatic N) is 1. The van der Waals surface area contributed by atoms with Crippen LogP contribution in [0.15, 0.2) is 22.6 Å². The van der Waals surface area contributed by atoms with Gasteiger partial charge in [-0.15, -0.1) is 0 Å². The van der Waals surface area contributed by atoms with Crippen molar-refractivity contribution in [2.45, 2.75) is 6.43 Å². The zero-order chi connectivity index (χ0) is 13.0. The molecule has 0 saturated carbocycles. The molecule has 5 nitrogen and oxygen atoms in total. The van der Waals surface area contributed by atoms with E-state index in [1.165, 1.54) is 0 Å². The molecule has 1 heterocycles. The van der Waals surface area contributed by atoms with Crippen molar-refractivity contribution in [1.82, 2.24) is 4.98 Å². The van der Waals surface area contributed by atoms with Gasteiger partial charge in [0.25, 0.3) is 12.4 Å². The Morgan fingerprint density at radius 3 is 3.00 bits per heavy atom. The molecule has 2 aromatic rings. The lowest BCUT2D eigenvalue weighted by Gasteiger charge is -2.03. The summed E-state index contributed by atoms with van der Waals surface area (Å²) in [5.74, 6) is 0. The van der Waals surface area contributed by atoms with Crippen LogP contribution >= 0.6 is 0 Å². The summed E-state index contributed by atoms with van der Waals surface area (Å²) >= 11 is 0. The van der Waals surface area contributed by atoms with Crippen LogP contribution in [-0.2, 0) is 4.74 Å². The molecule has 0 aliphatic rings. The van der Waals surface area contributed by atoms with Crippen LogP contribution in [0.4, 0.5) is 20.5 Å². The van der Waals surface area contributed by atoms with Gasteiger partial charge in [0.05, 0.1) is 12.3 Å². The zero-order valence-electron chi connectivity index (χ0n) is 9.53. The van der Waals surface area contributed by atoms with Crippen molar-refractivity contribution in [1.29, 1.82) is 0 Å². The minimum absolute atomic E-state index is 0.151. The summed E-state index contributed by atoms with van der Waals surface area (Å²) in [7, 11) is 0. The highest BCUT2D eigenvalue weighted by Crippen LogP contribution is 2.23. The fraction of sp³-hybridized carbons (Fsp3) is 0.364. The van der Waals surface area contributed by atoms with E-state index in [4.69, 9.17) is 14.9 Å². The molecule has 2 rings (SSSR count). The molecular formula is C11H13F2N3O2. The van der Waals surface area contributed by atoms with Crippen LogP contribution in [0.3, 0.4) is 0 Å². The average Bonchev–Trinajstić information content (AvgIpc) is 2.72. The lowest BCUT2D eigenvalue weighted by atomic mass is 10.3. The SMILES string of the molecule is Nc1cccc2oc(NCCOCC(F)F)nc12. The summed E-state index contributed by atoms with van der Waals surface area (Å²) in [6.45, 7) is -0.0832. The van der Waals surface area contributed by atoms with Gasteiger partial charge >= 0.3 is 0 Å². The molecule has 0 saturated heterocycles. The molecule has 0 fully saturated rings. The maximum Gasteiger partial charge on any atom is 0.295 e. The standard InChI is InChI=1S/C11H13F2N3O2/c12-9(13)6-17-5-4-15-11-16-10-7(14)2-1-3-8(10)18-11/h1-3,9H,4-6,14H2,(H,15,16). The molecule has 98 valence electrons. The van der Waals surface area contributed by atoms with E-state index in [1.54, 1.807) is 18.2 Å². The van der Waals surface area contributed by atoms with Crippen molar-refractivity contribution >= 4 is 22.8 Å². The molecule has 0 atom stereocenters. The van der Waals surface area contributed by atoms with E-state index in [0.717, 1.165) is 0 Å². The summed E-state index contributed by atoms with van der Waals surface area (Å²) in [5.41, 5.74) is 7.40. The number of rotatable bonds is 6. The number of ether oxygens (including phenoxy) is 1. The molecule has 18 heavy (non-hydrogen) atoms. The molecule has 0 aliphatic heterocycles. The molecule has 0 amide bonds. The first-order valence-electron chi connectivity index (χ1n) is 5.41. The first kappa shape index (κ1) is 12.6. The van der Waals surface area contributed by atoms with Gasteiger partial charge in [0.15, 0.2) is 5.58 Å². The number of benzene rings is 1. The Morgan fingerprint density at radius 2 is 2.28 bits per heavy atom. The predicted molar refractivity (Wildman–Crippen MR) is 63.7 cm³/mol. The van der Waals surface area contributed by atoms with Crippen LogP contribution in [0.2, 0.25) is 0 Å². The normalized spacial score (nSPS) is 11.3. The molecule has 0 aliphatic carbocycles.